The Morgan fingerprint density at radius 1 is 1.27 bits per heavy atom. The van der Waals surface area contributed by atoms with Crippen LogP contribution in [-0.2, 0) is 10.0 Å². The van der Waals surface area contributed by atoms with Crippen LogP contribution in [0.1, 0.15) is 13.3 Å². The molecule has 142 valence electrons. The second-order valence-electron chi connectivity index (χ2n) is 6.60. The van der Waals surface area contributed by atoms with Crippen LogP contribution < -0.4 is 0 Å². The van der Waals surface area contributed by atoms with Crippen molar-refractivity contribution in [2.24, 2.45) is 15.4 Å². The zero-order chi connectivity index (χ0) is 18.7. The van der Waals surface area contributed by atoms with Gasteiger partial charge in [0.15, 0.2) is 0 Å². The maximum atomic E-state index is 12.9. The number of likely N-dealkylation sites (N-methyl/N-ethyl adjacent to an activating group) is 1. The molecule has 0 aliphatic carbocycles. The van der Waals surface area contributed by atoms with Gasteiger partial charge in [0.25, 0.3) is 10.0 Å². The second-order valence-corrected chi connectivity index (χ2v) is 8.58. The van der Waals surface area contributed by atoms with E-state index in [-0.39, 0.29) is 9.92 Å². The molecule has 3 rings (SSSR count). The van der Waals surface area contributed by atoms with Gasteiger partial charge in [-0.3, -0.25) is 0 Å². The monoisotopic (exact) mass is 397 g/mol. The molecule has 1 fully saturated rings. The van der Waals surface area contributed by atoms with Crippen molar-refractivity contribution in [2.75, 3.05) is 39.8 Å². The first-order valence-corrected chi connectivity index (χ1v) is 10.6. The lowest BCUT2D eigenvalue weighted by atomic mass is 10.1. The van der Waals surface area contributed by atoms with Gasteiger partial charge in [-0.25, -0.2) is 5.01 Å². The van der Waals surface area contributed by atoms with E-state index >= 15 is 0 Å². The smallest absolute Gasteiger partial charge is 0.287 e. The number of hydrogen-bond acceptors (Lipinski definition) is 4. The highest BCUT2D eigenvalue weighted by molar-refractivity contribution is 7.90. The van der Waals surface area contributed by atoms with Crippen LogP contribution in [0.3, 0.4) is 0 Å². The predicted molar refractivity (Wildman–Crippen MR) is 104 cm³/mol. The lowest BCUT2D eigenvalue weighted by molar-refractivity contribution is 0.197. The Labute approximate surface area is 160 Å². The average Bonchev–Trinajstić information content (AvgIpc) is 3.10. The Kier molecular flexibility index (Phi) is 5.84. The number of sulfonamides is 1. The van der Waals surface area contributed by atoms with Gasteiger partial charge in [0.2, 0.25) is 5.96 Å². The molecule has 1 aromatic carbocycles. The van der Waals surface area contributed by atoms with Crippen molar-refractivity contribution in [3.63, 3.8) is 0 Å². The Hall–Kier alpha value is -1.64. The largest absolute Gasteiger partial charge is 0.338 e. The minimum Gasteiger partial charge on any atom is -0.338 e. The molecule has 1 unspecified atom stereocenters. The van der Waals surface area contributed by atoms with Crippen LogP contribution in [0.5, 0.6) is 0 Å². The van der Waals surface area contributed by atoms with Crippen LogP contribution in [-0.4, -0.2) is 75.2 Å². The zero-order valence-corrected chi connectivity index (χ0v) is 16.6. The summed E-state index contributed by atoms with van der Waals surface area (Å²) in [6.45, 7) is 5.83. The molecule has 0 aromatic heterocycles. The van der Waals surface area contributed by atoms with Crippen molar-refractivity contribution in [3.05, 3.63) is 29.3 Å². The van der Waals surface area contributed by atoms with Gasteiger partial charge in [-0.15, -0.1) is 4.40 Å². The molecule has 2 heterocycles. The van der Waals surface area contributed by atoms with Gasteiger partial charge in [-0.2, -0.15) is 13.5 Å². The molecule has 2 aliphatic rings. The van der Waals surface area contributed by atoms with Gasteiger partial charge in [-0.1, -0.05) is 30.7 Å². The van der Waals surface area contributed by atoms with Crippen LogP contribution in [0, 0.1) is 5.92 Å². The SMILES string of the molecule is CCC1C=NN(C(=NS(=O)(=O)c2ccccc2Cl)N2CCN(C)CC2)C1. The summed E-state index contributed by atoms with van der Waals surface area (Å²) in [4.78, 5) is 4.21. The summed E-state index contributed by atoms with van der Waals surface area (Å²) in [7, 11) is -1.88. The summed E-state index contributed by atoms with van der Waals surface area (Å²) in [5.74, 6) is 0.681. The number of benzene rings is 1. The Bertz CT molecular complexity index is 803. The summed E-state index contributed by atoms with van der Waals surface area (Å²) in [5, 5.41) is 6.28. The third kappa shape index (κ3) is 4.19. The maximum absolute atomic E-state index is 12.9. The van der Waals surface area contributed by atoms with E-state index in [1.807, 2.05) is 11.1 Å². The summed E-state index contributed by atoms with van der Waals surface area (Å²) in [6.07, 6.45) is 2.82. The van der Waals surface area contributed by atoms with Crippen LogP contribution >= 0.6 is 11.6 Å². The minimum atomic E-state index is -3.93. The van der Waals surface area contributed by atoms with E-state index in [9.17, 15) is 8.42 Å². The van der Waals surface area contributed by atoms with Crippen molar-refractivity contribution in [1.29, 1.82) is 0 Å². The summed E-state index contributed by atoms with van der Waals surface area (Å²) in [5.41, 5.74) is 0. The predicted octanol–water partition coefficient (Wildman–Crippen LogP) is 1.96. The molecule has 0 amide bonds. The maximum Gasteiger partial charge on any atom is 0.287 e. The van der Waals surface area contributed by atoms with Crippen LogP contribution in [0.15, 0.2) is 38.7 Å². The minimum absolute atomic E-state index is 0.0171. The quantitative estimate of drug-likeness (QED) is 0.576. The molecule has 9 heteroatoms. The normalized spacial score (nSPS) is 22.3. The first-order chi connectivity index (χ1) is 12.4. The summed E-state index contributed by atoms with van der Waals surface area (Å²) in [6, 6.07) is 6.37. The molecule has 0 bridgehead atoms. The molecule has 1 aromatic rings. The molecule has 0 spiro atoms. The van der Waals surface area contributed by atoms with Crippen molar-refractivity contribution >= 4 is 33.8 Å². The molecule has 1 saturated heterocycles. The number of guanidine groups is 1. The van der Waals surface area contributed by atoms with Crippen LogP contribution in [0.4, 0.5) is 0 Å². The molecule has 2 aliphatic heterocycles. The lowest BCUT2D eigenvalue weighted by Gasteiger charge is -2.36. The molecule has 0 radical (unpaired) electrons. The van der Waals surface area contributed by atoms with E-state index in [1.165, 1.54) is 6.07 Å². The number of hydrogen-bond donors (Lipinski definition) is 0. The highest BCUT2D eigenvalue weighted by Crippen LogP contribution is 2.24. The molecule has 7 nitrogen and oxygen atoms in total. The van der Waals surface area contributed by atoms with E-state index in [4.69, 9.17) is 11.6 Å². The summed E-state index contributed by atoms with van der Waals surface area (Å²) >= 11 is 6.09. The van der Waals surface area contributed by atoms with Crippen LogP contribution in [0.25, 0.3) is 0 Å². The van der Waals surface area contributed by atoms with Crippen LogP contribution in [0.2, 0.25) is 5.02 Å². The van der Waals surface area contributed by atoms with Gasteiger partial charge >= 0.3 is 0 Å². The first kappa shape index (κ1) is 19.1. The van der Waals surface area contributed by atoms with Crippen molar-refractivity contribution < 1.29 is 8.42 Å². The third-order valence-corrected chi connectivity index (χ3v) is 6.44. The Balaban J connectivity index is 1.96. The number of rotatable bonds is 3. The van der Waals surface area contributed by atoms with Crippen molar-refractivity contribution in [2.45, 2.75) is 18.2 Å². The van der Waals surface area contributed by atoms with E-state index < -0.39 is 10.0 Å². The standard InChI is InChI=1S/C17H24ClN5O2S/c1-3-14-12-19-23(13-14)17(22-10-8-21(2)9-11-22)20-26(24,25)16-7-5-4-6-15(16)18/h4-7,12,14H,3,8-11,13H2,1-2H3. The molecular formula is C17H24ClN5O2S. The molecule has 0 saturated carbocycles. The van der Waals surface area contributed by atoms with Crippen molar-refractivity contribution in [3.8, 4) is 0 Å². The van der Waals surface area contributed by atoms with Crippen molar-refractivity contribution in [1.82, 2.24) is 14.8 Å². The fraction of sp³-hybridized carbons (Fsp3) is 0.529. The molecule has 26 heavy (non-hydrogen) atoms. The molecule has 0 N–H and O–H groups in total. The first-order valence-electron chi connectivity index (χ1n) is 8.75. The third-order valence-electron chi connectivity index (χ3n) is 4.68. The topological polar surface area (TPSA) is 68.6 Å². The van der Waals surface area contributed by atoms with E-state index in [1.54, 1.807) is 23.2 Å². The van der Waals surface area contributed by atoms with E-state index in [0.717, 1.165) is 19.5 Å². The molecule has 1 atom stereocenters. The van der Waals surface area contributed by atoms with E-state index in [2.05, 4.69) is 28.4 Å². The zero-order valence-electron chi connectivity index (χ0n) is 15.0. The number of piperazine rings is 1. The average molecular weight is 398 g/mol. The Morgan fingerprint density at radius 2 is 1.96 bits per heavy atom. The summed E-state index contributed by atoms with van der Waals surface area (Å²) < 4.78 is 29.9. The van der Waals surface area contributed by atoms with Gasteiger partial charge < -0.3 is 9.80 Å². The highest BCUT2D eigenvalue weighted by Gasteiger charge is 2.29. The fourth-order valence-corrected chi connectivity index (χ4v) is 4.46. The second kappa shape index (κ2) is 7.94. The molecular weight excluding hydrogens is 374 g/mol. The van der Waals surface area contributed by atoms with Gasteiger partial charge in [-0.05, 0) is 25.6 Å². The van der Waals surface area contributed by atoms with Gasteiger partial charge in [0.1, 0.15) is 4.90 Å². The number of halogens is 1. The lowest BCUT2D eigenvalue weighted by Crippen LogP contribution is -2.51. The highest BCUT2D eigenvalue weighted by atomic mass is 35.5. The van der Waals surface area contributed by atoms with Gasteiger partial charge in [0, 0.05) is 38.3 Å². The number of nitrogens with zero attached hydrogens (tertiary/aromatic N) is 5. The fourth-order valence-electron chi connectivity index (χ4n) is 2.94. The van der Waals surface area contributed by atoms with Gasteiger partial charge in [0.05, 0.1) is 11.6 Å². The van der Waals surface area contributed by atoms with E-state index in [0.29, 0.717) is 31.5 Å². The Morgan fingerprint density at radius 3 is 2.58 bits per heavy atom. The number of hydrazone groups is 1.